The summed E-state index contributed by atoms with van der Waals surface area (Å²) in [5.74, 6) is 1.50. The lowest BCUT2D eigenvalue weighted by atomic mass is 9.77. The van der Waals surface area contributed by atoms with Gasteiger partial charge in [-0.1, -0.05) is 75.7 Å². The molecule has 0 saturated carbocycles. The molecule has 3 aromatic rings. The number of benzene rings is 3. The Morgan fingerprint density at radius 2 is 1.58 bits per heavy atom. The Morgan fingerprint density at radius 3 is 2.23 bits per heavy atom. The lowest BCUT2D eigenvalue weighted by Crippen LogP contribution is -2.32. The van der Waals surface area contributed by atoms with Crippen LogP contribution in [0.2, 0.25) is 0 Å². The highest BCUT2D eigenvalue weighted by atomic mass is 31.2. The van der Waals surface area contributed by atoms with Gasteiger partial charge in [-0.2, -0.15) is 0 Å². The fraction of sp³-hybridized carbons (Fsp3) is 0.333. The van der Waals surface area contributed by atoms with Crippen molar-refractivity contribution in [3.05, 3.63) is 78.4 Å². The molecule has 0 saturated heterocycles. The Labute approximate surface area is 185 Å². The summed E-state index contributed by atoms with van der Waals surface area (Å²) in [4.78, 5) is 0. The second-order valence-corrected chi connectivity index (χ2v) is 11.0. The number of hydrogen-bond donors (Lipinski definition) is 0. The second-order valence-electron chi connectivity index (χ2n) is 8.63. The van der Waals surface area contributed by atoms with Gasteiger partial charge in [-0.3, -0.25) is 4.57 Å². The molecule has 4 rings (SSSR count). The summed E-state index contributed by atoms with van der Waals surface area (Å²) < 4.78 is 27.0. The van der Waals surface area contributed by atoms with Crippen molar-refractivity contribution in [3.8, 4) is 22.6 Å². The van der Waals surface area contributed by atoms with Crippen LogP contribution in [0.4, 0.5) is 0 Å². The Kier molecular flexibility index (Phi) is 5.99. The van der Waals surface area contributed by atoms with E-state index in [1.165, 1.54) is 0 Å². The molecule has 1 heterocycles. The van der Waals surface area contributed by atoms with Gasteiger partial charge in [-0.15, -0.1) is 0 Å². The molecule has 0 N–H and O–H groups in total. The zero-order valence-corrected chi connectivity index (χ0v) is 19.7. The van der Waals surface area contributed by atoms with Crippen LogP contribution in [0.3, 0.4) is 0 Å². The van der Waals surface area contributed by atoms with Crippen LogP contribution in [0, 0.1) is 5.41 Å². The van der Waals surface area contributed by atoms with Gasteiger partial charge < -0.3 is 9.26 Å². The van der Waals surface area contributed by atoms with Gasteiger partial charge in [0.15, 0.2) is 0 Å². The predicted octanol–water partition coefficient (Wildman–Crippen LogP) is 7.62. The van der Waals surface area contributed by atoms with E-state index in [2.05, 4.69) is 39.0 Å². The molecule has 3 atom stereocenters. The van der Waals surface area contributed by atoms with Crippen LogP contribution >= 0.6 is 7.37 Å². The van der Waals surface area contributed by atoms with E-state index in [9.17, 15) is 0 Å². The summed E-state index contributed by atoms with van der Waals surface area (Å²) in [6, 6.07) is 24.0. The third kappa shape index (κ3) is 3.70. The smallest absolute Gasteiger partial charge is 0.285 e. The molecule has 4 heteroatoms. The van der Waals surface area contributed by atoms with Crippen molar-refractivity contribution in [3.63, 3.8) is 0 Å². The summed E-state index contributed by atoms with van der Waals surface area (Å²) in [5.41, 5.74) is 2.62. The van der Waals surface area contributed by atoms with E-state index in [0.29, 0.717) is 5.75 Å². The maximum atomic E-state index is 15.1. The minimum absolute atomic E-state index is 0.182. The summed E-state index contributed by atoms with van der Waals surface area (Å²) in [6.45, 7) is 6.65. The van der Waals surface area contributed by atoms with E-state index < -0.39 is 7.37 Å². The average Bonchev–Trinajstić information content (AvgIpc) is 2.80. The van der Waals surface area contributed by atoms with Crippen LogP contribution in [-0.2, 0) is 4.57 Å². The van der Waals surface area contributed by atoms with Crippen LogP contribution in [-0.4, -0.2) is 7.11 Å². The molecule has 0 bridgehead atoms. The summed E-state index contributed by atoms with van der Waals surface area (Å²) in [5, 5.41) is 0.824. The molecule has 0 aromatic heterocycles. The van der Waals surface area contributed by atoms with Crippen LogP contribution < -0.4 is 14.6 Å². The lowest BCUT2D eigenvalue weighted by Gasteiger charge is -2.43. The molecule has 3 aromatic carbocycles. The quantitative estimate of drug-likeness (QED) is 0.359. The fourth-order valence-corrected chi connectivity index (χ4v) is 8.46. The number of rotatable bonds is 7. The summed E-state index contributed by atoms with van der Waals surface area (Å²) >= 11 is 0. The zero-order chi connectivity index (χ0) is 22.1. The molecule has 162 valence electrons. The van der Waals surface area contributed by atoms with E-state index in [1.54, 1.807) is 7.11 Å². The second kappa shape index (κ2) is 8.55. The molecule has 1 aliphatic heterocycles. The van der Waals surface area contributed by atoms with Crippen molar-refractivity contribution in [1.82, 2.24) is 0 Å². The van der Waals surface area contributed by atoms with Crippen molar-refractivity contribution in [2.24, 2.45) is 5.41 Å². The molecular weight excluding hydrogens is 403 g/mol. The normalized spacial score (nSPS) is 20.0. The number of ether oxygens (including phenoxy) is 1. The molecule has 0 radical (unpaired) electrons. The molecule has 1 aliphatic rings. The Bertz CT molecular complexity index is 1110. The van der Waals surface area contributed by atoms with E-state index in [4.69, 9.17) is 9.26 Å². The number of para-hydroxylation sites is 1. The topological polar surface area (TPSA) is 35.5 Å². The molecule has 3 unspecified atom stereocenters. The van der Waals surface area contributed by atoms with E-state index >= 15 is 4.57 Å². The van der Waals surface area contributed by atoms with Crippen LogP contribution in [0.25, 0.3) is 11.1 Å². The van der Waals surface area contributed by atoms with Gasteiger partial charge >= 0.3 is 0 Å². The molecule has 0 fully saturated rings. The van der Waals surface area contributed by atoms with Crippen LogP contribution in [0.1, 0.15) is 51.3 Å². The molecule has 3 nitrogen and oxygen atoms in total. The van der Waals surface area contributed by atoms with Crippen molar-refractivity contribution in [2.75, 3.05) is 7.11 Å². The van der Waals surface area contributed by atoms with Gasteiger partial charge in [0.05, 0.1) is 18.1 Å². The Morgan fingerprint density at radius 1 is 0.935 bits per heavy atom. The van der Waals surface area contributed by atoms with Gasteiger partial charge in [0.1, 0.15) is 11.5 Å². The minimum Gasteiger partial charge on any atom is -0.497 e. The van der Waals surface area contributed by atoms with E-state index in [0.717, 1.165) is 47.0 Å². The third-order valence-corrected chi connectivity index (χ3v) is 9.84. The molecule has 0 amide bonds. The Balaban J connectivity index is 1.97. The SMILES string of the molecule is CCCC(C)(CC)C(c1ccc(OC)cc1)P1(=O)Oc2ccccc2-c2ccccc21. The standard InChI is InChI=1S/C27H31O3P/c1-5-19-27(3,6-2)26(20-15-17-21(29-4)18-16-20)31(28)25-14-10-8-12-23(25)22-11-7-9-13-24(22)30-31/h7-18,26H,5-6,19H2,1-4H3. The maximum absolute atomic E-state index is 15.1. The highest BCUT2D eigenvalue weighted by Gasteiger charge is 2.51. The third-order valence-electron chi connectivity index (χ3n) is 6.71. The highest BCUT2D eigenvalue weighted by Crippen LogP contribution is 2.69. The van der Waals surface area contributed by atoms with Gasteiger partial charge in [0.2, 0.25) is 0 Å². The van der Waals surface area contributed by atoms with E-state index in [1.807, 2.05) is 54.6 Å². The zero-order valence-electron chi connectivity index (χ0n) is 18.8. The first-order chi connectivity index (χ1) is 15.0. The molecule has 0 aliphatic carbocycles. The lowest BCUT2D eigenvalue weighted by molar-refractivity contribution is 0.255. The molecule has 0 spiro atoms. The predicted molar refractivity (Wildman–Crippen MR) is 129 cm³/mol. The van der Waals surface area contributed by atoms with Gasteiger partial charge in [0, 0.05) is 5.56 Å². The monoisotopic (exact) mass is 434 g/mol. The fourth-order valence-electron chi connectivity index (χ4n) is 5.00. The van der Waals surface area contributed by atoms with Crippen molar-refractivity contribution in [2.45, 2.75) is 45.7 Å². The van der Waals surface area contributed by atoms with Gasteiger partial charge in [-0.25, -0.2) is 0 Å². The van der Waals surface area contributed by atoms with Crippen LogP contribution in [0.15, 0.2) is 72.8 Å². The average molecular weight is 435 g/mol. The highest BCUT2D eigenvalue weighted by molar-refractivity contribution is 7.68. The Hall–Kier alpha value is -2.51. The van der Waals surface area contributed by atoms with Crippen LogP contribution in [0.5, 0.6) is 11.5 Å². The number of methoxy groups -OCH3 is 1. The van der Waals surface area contributed by atoms with Crippen molar-refractivity contribution >= 4 is 12.7 Å². The van der Waals surface area contributed by atoms with Gasteiger partial charge in [0.25, 0.3) is 7.37 Å². The largest absolute Gasteiger partial charge is 0.497 e. The van der Waals surface area contributed by atoms with Crippen molar-refractivity contribution in [1.29, 1.82) is 0 Å². The van der Waals surface area contributed by atoms with Gasteiger partial charge in [-0.05, 0) is 53.6 Å². The van der Waals surface area contributed by atoms with Crippen molar-refractivity contribution < 1.29 is 13.8 Å². The number of fused-ring (bicyclic) bond motifs is 3. The number of hydrogen-bond acceptors (Lipinski definition) is 3. The first kappa shape index (κ1) is 21.7. The molecular formula is C27H31O3P. The summed E-state index contributed by atoms with van der Waals surface area (Å²) in [7, 11) is -1.63. The summed E-state index contributed by atoms with van der Waals surface area (Å²) in [6.07, 6.45) is 2.90. The molecule has 31 heavy (non-hydrogen) atoms. The minimum atomic E-state index is -3.30. The first-order valence-corrected chi connectivity index (χ1v) is 12.8. The first-order valence-electron chi connectivity index (χ1n) is 11.1. The maximum Gasteiger partial charge on any atom is 0.285 e. The van der Waals surface area contributed by atoms with E-state index in [-0.39, 0.29) is 11.1 Å².